The molecule has 21 heavy (non-hydrogen) atoms. The zero-order valence-corrected chi connectivity index (χ0v) is 13.3. The Morgan fingerprint density at radius 1 is 1.29 bits per heavy atom. The molecule has 1 heterocycles. The van der Waals surface area contributed by atoms with Gasteiger partial charge in [-0.25, -0.2) is 0 Å². The first-order valence-electron chi connectivity index (χ1n) is 8.00. The van der Waals surface area contributed by atoms with Gasteiger partial charge in [0.1, 0.15) is 0 Å². The molecule has 3 N–H and O–H groups in total. The summed E-state index contributed by atoms with van der Waals surface area (Å²) >= 11 is 0. The molecular weight excluding hydrogens is 262 g/mol. The zero-order chi connectivity index (χ0) is 15.3. The molecule has 0 spiro atoms. The van der Waals surface area contributed by atoms with E-state index in [-0.39, 0.29) is 6.61 Å². The topological polar surface area (TPSA) is 52.7 Å². The minimum Gasteiger partial charge on any atom is -0.394 e. The van der Waals surface area contributed by atoms with E-state index >= 15 is 0 Å². The zero-order valence-electron chi connectivity index (χ0n) is 13.3. The van der Waals surface area contributed by atoms with E-state index in [4.69, 9.17) is 5.73 Å². The summed E-state index contributed by atoms with van der Waals surface area (Å²) in [4.78, 5) is 4.98. The van der Waals surface area contributed by atoms with Crippen molar-refractivity contribution < 1.29 is 5.11 Å². The van der Waals surface area contributed by atoms with Gasteiger partial charge in [-0.2, -0.15) is 0 Å². The van der Waals surface area contributed by atoms with E-state index in [1.165, 1.54) is 0 Å². The van der Waals surface area contributed by atoms with E-state index in [0.29, 0.717) is 6.04 Å². The van der Waals surface area contributed by atoms with Crippen molar-refractivity contribution in [3.8, 4) is 0 Å². The van der Waals surface area contributed by atoms with Crippen molar-refractivity contribution in [2.45, 2.75) is 31.8 Å². The number of rotatable bonds is 6. The molecule has 4 heteroatoms. The molecule has 0 aliphatic carbocycles. The van der Waals surface area contributed by atoms with Gasteiger partial charge in [0, 0.05) is 32.2 Å². The number of hydrogen-bond donors (Lipinski definition) is 2. The van der Waals surface area contributed by atoms with Crippen LogP contribution in [-0.2, 0) is 5.54 Å². The van der Waals surface area contributed by atoms with Crippen LogP contribution in [0, 0.1) is 0 Å². The fourth-order valence-electron chi connectivity index (χ4n) is 3.19. The molecule has 4 nitrogen and oxygen atoms in total. The molecule has 2 atom stereocenters. The minimum atomic E-state index is -0.633. The molecule has 0 saturated carbocycles. The molecule has 1 aromatic carbocycles. The van der Waals surface area contributed by atoms with E-state index in [1.807, 2.05) is 30.3 Å². The van der Waals surface area contributed by atoms with Crippen molar-refractivity contribution in [3.05, 3.63) is 35.9 Å². The third kappa shape index (κ3) is 4.04. The number of nitrogens with zero attached hydrogens (tertiary/aromatic N) is 2. The maximum atomic E-state index is 9.75. The molecule has 1 aliphatic heterocycles. The molecule has 1 fully saturated rings. The number of piperazine rings is 1. The molecule has 0 aromatic heterocycles. The van der Waals surface area contributed by atoms with Crippen LogP contribution in [0.25, 0.3) is 0 Å². The Hall–Kier alpha value is -0.940. The molecule has 0 bridgehead atoms. The molecule has 1 saturated heterocycles. The molecule has 118 valence electrons. The van der Waals surface area contributed by atoms with Gasteiger partial charge in [-0.15, -0.1) is 0 Å². The van der Waals surface area contributed by atoms with Gasteiger partial charge in [-0.05, 0) is 25.5 Å². The van der Waals surface area contributed by atoms with E-state index < -0.39 is 5.54 Å². The van der Waals surface area contributed by atoms with Gasteiger partial charge in [0.05, 0.1) is 12.1 Å². The Morgan fingerprint density at radius 2 is 2.00 bits per heavy atom. The van der Waals surface area contributed by atoms with Crippen LogP contribution in [0.3, 0.4) is 0 Å². The highest BCUT2D eigenvalue weighted by molar-refractivity contribution is 5.24. The second kappa shape index (κ2) is 7.36. The van der Waals surface area contributed by atoms with Crippen LogP contribution in [0.2, 0.25) is 0 Å². The number of nitrogens with two attached hydrogens (primary N) is 1. The van der Waals surface area contributed by atoms with Gasteiger partial charge in [-0.1, -0.05) is 37.3 Å². The monoisotopic (exact) mass is 291 g/mol. The summed E-state index contributed by atoms with van der Waals surface area (Å²) in [7, 11) is 0. The van der Waals surface area contributed by atoms with Gasteiger partial charge in [0.15, 0.2) is 0 Å². The largest absolute Gasteiger partial charge is 0.394 e. The van der Waals surface area contributed by atoms with Crippen molar-refractivity contribution in [1.82, 2.24) is 9.80 Å². The first-order chi connectivity index (χ1) is 10.1. The van der Waals surface area contributed by atoms with E-state index in [9.17, 15) is 5.11 Å². The maximum absolute atomic E-state index is 9.75. The fourth-order valence-corrected chi connectivity index (χ4v) is 3.19. The summed E-state index contributed by atoms with van der Waals surface area (Å²) in [6, 6.07) is 10.6. The summed E-state index contributed by atoms with van der Waals surface area (Å²) in [6.07, 6.45) is 0.784. The van der Waals surface area contributed by atoms with Crippen LogP contribution in [0.1, 0.15) is 25.8 Å². The average Bonchev–Trinajstić information content (AvgIpc) is 2.53. The lowest BCUT2D eigenvalue weighted by molar-refractivity contribution is 0.0768. The van der Waals surface area contributed by atoms with Gasteiger partial charge in [0.2, 0.25) is 0 Å². The van der Waals surface area contributed by atoms with E-state index in [2.05, 4.69) is 23.6 Å². The average molecular weight is 291 g/mol. The third-order valence-corrected chi connectivity index (χ3v) is 4.76. The number of aliphatic hydroxyl groups is 1. The molecule has 2 rings (SSSR count). The lowest BCUT2D eigenvalue weighted by Crippen LogP contribution is -2.53. The van der Waals surface area contributed by atoms with Gasteiger partial charge >= 0.3 is 0 Å². The summed E-state index contributed by atoms with van der Waals surface area (Å²) in [6.45, 7) is 9.86. The summed E-state index contributed by atoms with van der Waals surface area (Å²) < 4.78 is 0. The van der Waals surface area contributed by atoms with E-state index in [1.54, 1.807) is 0 Å². The Bertz CT molecular complexity index is 425. The highest BCUT2D eigenvalue weighted by Gasteiger charge is 2.29. The highest BCUT2D eigenvalue weighted by Crippen LogP contribution is 2.22. The highest BCUT2D eigenvalue weighted by atomic mass is 16.3. The summed E-state index contributed by atoms with van der Waals surface area (Å²) in [5.41, 5.74) is 6.83. The Kier molecular flexibility index (Phi) is 5.76. The first kappa shape index (κ1) is 16.4. The number of likely N-dealkylation sites (N-methyl/N-ethyl adjacent to an activating group) is 1. The van der Waals surface area contributed by atoms with Crippen LogP contribution < -0.4 is 5.73 Å². The molecule has 0 amide bonds. The lowest BCUT2D eigenvalue weighted by atomic mass is 9.88. The molecule has 2 unspecified atom stereocenters. The molecule has 0 radical (unpaired) electrons. The number of aliphatic hydroxyl groups excluding tert-OH is 1. The normalized spacial score (nSPS) is 23.9. The quantitative estimate of drug-likeness (QED) is 0.828. The predicted octanol–water partition coefficient (Wildman–Crippen LogP) is 1.25. The van der Waals surface area contributed by atoms with Crippen molar-refractivity contribution in [2.75, 3.05) is 39.3 Å². The summed E-state index contributed by atoms with van der Waals surface area (Å²) in [5.74, 6) is 0. The Balaban J connectivity index is 1.92. The van der Waals surface area contributed by atoms with Crippen molar-refractivity contribution >= 4 is 0 Å². The number of benzene rings is 1. The standard InChI is InChI=1S/C17H29N3O/c1-3-20-12-11-19(13-15(20)2)10-9-17(18,14-21)16-7-5-4-6-8-16/h4-8,15,21H,3,9-14,18H2,1-2H3. The second-order valence-corrected chi connectivity index (χ2v) is 6.21. The van der Waals surface area contributed by atoms with Gasteiger partial charge in [0.25, 0.3) is 0 Å². The summed E-state index contributed by atoms with van der Waals surface area (Å²) in [5, 5.41) is 9.75. The molecule has 1 aliphatic rings. The van der Waals surface area contributed by atoms with Crippen LogP contribution in [0.5, 0.6) is 0 Å². The molecular formula is C17H29N3O. The van der Waals surface area contributed by atoms with Crippen LogP contribution in [0.15, 0.2) is 30.3 Å². The van der Waals surface area contributed by atoms with Crippen molar-refractivity contribution in [3.63, 3.8) is 0 Å². The lowest BCUT2D eigenvalue weighted by Gasteiger charge is -2.40. The Labute approximate surface area is 128 Å². The second-order valence-electron chi connectivity index (χ2n) is 6.21. The number of hydrogen-bond acceptors (Lipinski definition) is 4. The predicted molar refractivity (Wildman–Crippen MR) is 87.2 cm³/mol. The van der Waals surface area contributed by atoms with Crippen LogP contribution in [-0.4, -0.2) is 60.3 Å². The van der Waals surface area contributed by atoms with Crippen LogP contribution in [0.4, 0.5) is 0 Å². The van der Waals surface area contributed by atoms with Gasteiger partial charge < -0.3 is 15.7 Å². The smallest absolute Gasteiger partial charge is 0.0656 e. The molecule has 1 aromatic rings. The SMILES string of the molecule is CCN1CCN(CCC(N)(CO)c2ccccc2)CC1C. The third-order valence-electron chi connectivity index (χ3n) is 4.76. The van der Waals surface area contributed by atoms with Crippen LogP contribution >= 0.6 is 0 Å². The Morgan fingerprint density at radius 3 is 2.57 bits per heavy atom. The van der Waals surface area contributed by atoms with Crippen molar-refractivity contribution in [2.24, 2.45) is 5.73 Å². The van der Waals surface area contributed by atoms with Gasteiger partial charge in [-0.3, -0.25) is 4.90 Å². The first-order valence-corrected chi connectivity index (χ1v) is 8.00. The van der Waals surface area contributed by atoms with E-state index in [0.717, 1.165) is 44.7 Å². The fraction of sp³-hybridized carbons (Fsp3) is 0.647. The van der Waals surface area contributed by atoms with Crippen molar-refractivity contribution in [1.29, 1.82) is 0 Å². The maximum Gasteiger partial charge on any atom is 0.0656 e. The minimum absolute atomic E-state index is 0.0124.